The van der Waals surface area contributed by atoms with Gasteiger partial charge < -0.3 is 11.1 Å². The van der Waals surface area contributed by atoms with Gasteiger partial charge >= 0.3 is 0 Å². The van der Waals surface area contributed by atoms with Gasteiger partial charge in [-0.05, 0) is 30.9 Å². The smallest absolute Gasteiger partial charge is 0.273 e. The topological polar surface area (TPSA) is 110 Å². The van der Waals surface area contributed by atoms with Gasteiger partial charge in [-0.25, -0.2) is 4.68 Å². The zero-order valence-electron chi connectivity index (χ0n) is 15.3. The molecule has 27 heavy (non-hydrogen) atoms. The molecular weight excluding hydrogens is 368 g/mol. The van der Waals surface area contributed by atoms with Crippen molar-refractivity contribution in [2.45, 2.75) is 51.1 Å². The number of nitrogens with one attached hydrogen (secondary N) is 2. The zero-order valence-corrected chi connectivity index (χ0v) is 16.1. The Hall–Kier alpha value is -2.12. The van der Waals surface area contributed by atoms with Crippen LogP contribution < -0.4 is 22.2 Å². The second-order valence-electron chi connectivity index (χ2n) is 7.00. The lowest BCUT2D eigenvalue weighted by atomic mass is 9.84. The van der Waals surface area contributed by atoms with Crippen molar-refractivity contribution in [3.8, 4) is 0 Å². The first-order chi connectivity index (χ1) is 12.6. The predicted molar refractivity (Wildman–Crippen MR) is 108 cm³/mol. The third kappa shape index (κ3) is 4.99. The van der Waals surface area contributed by atoms with Crippen LogP contribution in [0.15, 0.2) is 33.9 Å². The number of fused-ring (bicyclic) bond motifs is 1. The predicted octanol–water partition coefficient (Wildman–Crippen LogP) is 1.53. The van der Waals surface area contributed by atoms with E-state index in [-0.39, 0.29) is 48.4 Å². The Morgan fingerprint density at radius 3 is 2.52 bits per heavy atom. The van der Waals surface area contributed by atoms with Gasteiger partial charge in [-0.15, -0.1) is 12.4 Å². The number of hydrogen-bond donors (Lipinski definition) is 3. The van der Waals surface area contributed by atoms with Crippen LogP contribution in [0.1, 0.15) is 38.5 Å². The Morgan fingerprint density at radius 1 is 1.19 bits per heavy atom. The minimum absolute atomic E-state index is 0. The van der Waals surface area contributed by atoms with Crippen LogP contribution in [0, 0.1) is 5.92 Å². The van der Waals surface area contributed by atoms with E-state index < -0.39 is 0 Å². The minimum atomic E-state index is -0.331. The summed E-state index contributed by atoms with van der Waals surface area (Å²) in [5.74, 6) is 0.285. The molecule has 0 bridgehead atoms. The van der Waals surface area contributed by atoms with Crippen molar-refractivity contribution >= 4 is 29.1 Å². The van der Waals surface area contributed by atoms with Gasteiger partial charge in [0, 0.05) is 19.0 Å². The number of benzene rings is 1. The van der Waals surface area contributed by atoms with Gasteiger partial charge in [-0.3, -0.25) is 19.5 Å². The molecule has 148 valence electrons. The number of carbonyl (C=O) groups excluding carboxylic acids is 1. The second-order valence-corrected chi connectivity index (χ2v) is 7.00. The summed E-state index contributed by atoms with van der Waals surface area (Å²) in [7, 11) is 0. The van der Waals surface area contributed by atoms with Gasteiger partial charge in [0.1, 0.15) is 0 Å². The SMILES string of the molecule is Cl.NCC(NC(=O)CCn1[nH]c(=O)c2ccccc2c1=O)C1CCCCC1. The first-order valence-electron chi connectivity index (χ1n) is 9.31. The highest BCUT2D eigenvalue weighted by atomic mass is 35.5. The fourth-order valence-corrected chi connectivity index (χ4v) is 3.80. The fourth-order valence-electron chi connectivity index (χ4n) is 3.80. The molecule has 1 aliphatic carbocycles. The standard InChI is InChI=1S/C19H26N4O3.ClH/c20-12-16(13-6-2-1-3-7-13)21-17(24)10-11-23-19(26)15-9-5-4-8-14(15)18(25)22-23;/h4-5,8-9,13,16H,1-3,6-7,10-12,20H2,(H,21,24)(H,22,25);1H. The number of rotatable bonds is 6. The zero-order chi connectivity index (χ0) is 18.5. The van der Waals surface area contributed by atoms with E-state index >= 15 is 0 Å². The maximum Gasteiger partial charge on any atom is 0.273 e. The molecule has 0 saturated heterocycles. The molecule has 1 atom stereocenters. The molecule has 1 saturated carbocycles. The van der Waals surface area contributed by atoms with E-state index in [1.807, 2.05) is 0 Å². The van der Waals surface area contributed by atoms with Gasteiger partial charge in [-0.1, -0.05) is 31.4 Å². The molecule has 1 heterocycles. The van der Waals surface area contributed by atoms with E-state index in [1.165, 1.54) is 23.9 Å². The lowest BCUT2D eigenvalue weighted by molar-refractivity contribution is -0.122. The number of amides is 1. The van der Waals surface area contributed by atoms with Crippen molar-refractivity contribution in [1.29, 1.82) is 0 Å². The van der Waals surface area contributed by atoms with Crippen molar-refractivity contribution in [1.82, 2.24) is 15.1 Å². The molecule has 2 aromatic rings. The molecule has 1 aromatic heterocycles. The summed E-state index contributed by atoms with van der Waals surface area (Å²) in [6, 6.07) is 6.65. The van der Waals surface area contributed by atoms with Crippen LogP contribution >= 0.6 is 12.4 Å². The summed E-state index contributed by atoms with van der Waals surface area (Å²) in [4.78, 5) is 36.9. The Labute approximate surface area is 163 Å². The van der Waals surface area contributed by atoms with E-state index in [4.69, 9.17) is 5.73 Å². The number of aromatic amines is 1. The molecular formula is C19H27ClN4O3. The van der Waals surface area contributed by atoms with Crippen molar-refractivity contribution in [2.24, 2.45) is 11.7 Å². The monoisotopic (exact) mass is 394 g/mol. The highest BCUT2D eigenvalue weighted by Gasteiger charge is 2.23. The van der Waals surface area contributed by atoms with Crippen molar-refractivity contribution < 1.29 is 4.79 Å². The minimum Gasteiger partial charge on any atom is -0.352 e. The molecule has 0 spiro atoms. The average molecular weight is 395 g/mol. The number of hydrogen-bond acceptors (Lipinski definition) is 4. The highest BCUT2D eigenvalue weighted by Crippen LogP contribution is 2.26. The molecule has 1 aromatic carbocycles. The Morgan fingerprint density at radius 2 is 1.85 bits per heavy atom. The molecule has 3 rings (SSSR count). The largest absolute Gasteiger partial charge is 0.352 e. The Bertz CT molecular complexity index is 886. The van der Waals surface area contributed by atoms with E-state index in [0.29, 0.717) is 23.2 Å². The number of H-pyrrole nitrogens is 1. The van der Waals surface area contributed by atoms with Crippen LogP contribution in [-0.4, -0.2) is 28.3 Å². The summed E-state index contributed by atoms with van der Waals surface area (Å²) in [6.07, 6.45) is 5.94. The quantitative estimate of drug-likeness (QED) is 0.689. The Kier molecular flexibility index (Phi) is 7.62. The van der Waals surface area contributed by atoms with Crippen LogP contribution in [0.3, 0.4) is 0 Å². The highest BCUT2D eigenvalue weighted by molar-refractivity contribution is 5.85. The number of carbonyl (C=O) groups is 1. The van der Waals surface area contributed by atoms with Gasteiger partial charge in [0.15, 0.2) is 0 Å². The van der Waals surface area contributed by atoms with Gasteiger partial charge in [-0.2, -0.15) is 0 Å². The normalized spacial score (nSPS) is 15.9. The van der Waals surface area contributed by atoms with Gasteiger partial charge in [0.2, 0.25) is 5.91 Å². The molecule has 1 fully saturated rings. The van der Waals surface area contributed by atoms with Crippen LogP contribution in [0.25, 0.3) is 10.8 Å². The first-order valence-corrected chi connectivity index (χ1v) is 9.31. The van der Waals surface area contributed by atoms with Crippen molar-refractivity contribution in [2.75, 3.05) is 6.54 Å². The van der Waals surface area contributed by atoms with Crippen LogP contribution in [-0.2, 0) is 11.3 Å². The molecule has 0 radical (unpaired) electrons. The summed E-state index contributed by atoms with van der Waals surface area (Å²) in [6.45, 7) is 0.551. The second kappa shape index (κ2) is 9.71. The summed E-state index contributed by atoms with van der Waals surface area (Å²) in [5.41, 5.74) is 5.22. The van der Waals surface area contributed by atoms with Gasteiger partial charge in [0.05, 0.1) is 17.3 Å². The summed E-state index contributed by atoms with van der Waals surface area (Å²) in [5, 5.41) is 6.27. The van der Waals surface area contributed by atoms with Crippen LogP contribution in [0.5, 0.6) is 0 Å². The van der Waals surface area contributed by atoms with E-state index in [2.05, 4.69) is 10.4 Å². The van der Waals surface area contributed by atoms with E-state index in [0.717, 1.165) is 12.8 Å². The average Bonchev–Trinajstić information content (AvgIpc) is 2.68. The maximum absolute atomic E-state index is 12.5. The molecule has 1 unspecified atom stereocenters. The number of aromatic nitrogens is 2. The fraction of sp³-hybridized carbons (Fsp3) is 0.526. The van der Waals surface area contributed by atoms with Crippen molar-refractivity contribution in [3.63, 3.8) is 0 Å². The van der Waals surface area contributed by atoms with Crippen molar-refractivity contribution in [3.05, 3.63) is 45.0 Å². The molecule has 0 aliphatic heterocycles. The molecule has 1 amide bonds. The third-order valence-corrected chi connectivity index (χ3v) is 5.27. The number of nitrogens with two attached hydrogens (primary N) is 1. The molecule has 8 heteroatoms. The number of aryl methyl sites for hydroxylation is 1. The van der Waals surface area contributed by atoms with Crippen LogP contribution in [0.2, 0.25) is 0 Å². The summed E-state index contributed by atoms with van der Waals surface area (Å²) < 4.78 is 1.21. The molecule has 1 aliphatic rings. The van der Waals surface area contributed by atoms with E-state index in [9.17, 15) is 14.4 Å². The number of halogens is 1. The lowest BCUT2D eigenvalue weighted by Gasteiger charge is -2.30. The van der Waals surface area contributed by atoms with Gasteiger partial charge in [0.25, 0.3) is 11.1 Å². The number of nitrogens with zero attached hydrogens (tertiary/aromatic N) is 1. The third-order valence-electron chi connectivity index (χ3n) is 5.27. The summed E-state index contributed by atoms with van der Waals surface area (Å²) >= 11 is 0. The lowest BCUT2D eigenvalue weighted by Crippen LogP contribution is -2.46. The maximum atomic E-state index is 12.5. The molecule has 4 N–H and O–H groups in total. The van der Waals surface area contributed by atoms with Crippen LogP contribution in [0.4, 0.5) is 0 Å². The molecule has 7 nitrogen and oxygen atoms in total. The Balaban J connectivity index is 0.00000261. The van der Waals surface area contributed by atoms with E-state index in [1.54, 1.807) is 24.3 Å². The first kappa shape index (κ1) is 21.2.